The zero-order chi connectivity index (χ0) is 35.8. The first-order valence-corrected chi connectivity index (χ1v) is 18.5. The number of para-hydroxylation sites is 2. The van der Waals surface area contributed by atoms with Crippen LogP contribution in [-0.2, 0) is 0 Å². The SMILES string of the molecule is c1ccc(-c2ccc(-c3ccc(N(c4ccccc4)c4cccc(-c5cccc6c5c5ccccc5n6-c5cccc6ccccc56)c4)cc3)cc2)cc1. The van der Waals surface area contributed by atoms with Crippen LogP contribution in [0, 0.1) is 0 Å². The molecule has 10 aromatic rings. The van der Waals surface area contributed by atoms with E-state index >= 15 is 0 Å². The molecule has 0 N–H and O–H groups in total. The van der Waals surface area contributed by atoms with Gasteiger partial charge in [0.15, 0.2) is 0 Å². The van der Waals surface area contributed by atoms with E-state index in [4.69, 9.17) is 0 Å². The van der Waals surface area contributed by atoms with Gasteiger partial charge in [-0.15, -0.1) is 0 Å². The van der Waals surface area contributed by atoms with Gasteiger partial charge in [-0.3, -0.25) is 0 Å². The monoisotopic (exact) mass is 688 g/mol. The van der Waals surface area contributed by atoms with Crippen molar-refractivity contribution < 1.29 is 0 Å². The van der Waals surface area contributed by atoms with E-state index in [0.717, 1.165) is 17.1 Å². The lowest BCUT2D eigenvalue weighted by molar-refractivity contribution is 1.20. The highest BCUT2D eigenvalue weighted by atomic mass is 15.1. The van der Waals surface area contributed by atoms with Crippen LogP contribution in [0.1, 0.15) is 0 Å². The average molecular weight is 689 g/mol. The van der Waals surface area contributed by atoms with Gasteiger partial charge in [0.2, 0.25) is 0 Å². The summed E-state index contributed by atoms with van der Waals surface area (Å²) in [6, 6.07) is 78.8. The fourth-order valence-electron chi connectivity index (χ4n) is 8.05. The number of benzene rings is 9. The molecule has 9 aromatic carbocycles. The number of hydrogen-bond acceptors (Lipinski definition) is 1. The summed E-state index contributed by atoms with van der Waals surface area (Å²) in [5.41, 5.74) is 14.1. The highest BCUT2D eigenvalue weighted by Crippen LogP contribution is 2.42. The van der Waals surface area contributed by atoms with Gasteiger partial charge >= 0.3 is 0 Å². The third-order valence-electron chi connectivity index (χ3n) is 10.6. The van der Waals surface area contributed by atoms with Crippen LogP contribution >= 0.6 is 0 Å². The van der Waals surface area contributed by atoms with Crippen LogP contribution in [0.2, 0.25) is 0 Å². The van der Waals surface area contributed by atoms with Gasteiger partial charge in [-0.25, -0.2) is 0 Å². The molecule has 0 unspecified atom stereocenters. The molecule has 2 nitrogen and oxygen atoms in total. The summed E-state index contributed by atoms with van der Waals surface area (Å²) in [6.45, 7) is 0. The number of aromatic nitrogens is 1. The molecule has 54 heavy (non-hydrogen) atoms. The molecular formula is C52H36N2. The lowest BCUT2D eigenvalue weighted by atomic mass is 9.98. The van der Waals surface area contributed by atoms with Crippen LogP contribution in [0.4, 0.5) is 17.1 Å². The maximum Gasteiger partial charge on any atom is 0.0547 e. The fraction of sp³-hybridized carbons (Fsp3) is 0. The second-order valence-corrected chi connectivity index (χ2v) is 13.8. The van der Waals surface area contributed by atoms with Crippen LogP contribution in [0.25, 0.3) is 71.6 Å². The third kappa shape index (κ3) is 5.53. The molecule has 0 bridgehead atoms. The molecule has 0 spiro atoms. The maximum atomic E-state index is 2.44. The van der Waals surface area contributed by atoms with Gasteiger partial charge in [0.25, 0.3) is 0 Å². The highest BCUT2D eigenvalue weighted by molar-refractivity contribution is 6.16. The second-order valence-electron chi connectivity index (χ2n) is 13.8. The van der Waals surface area contributed by atoms with Crippen LogP contribution in [0.3, 0.4) is 0 Å². The molecule has 254 valence electrons. The van der Waals surface area contributed by atoms with Gasteiger partial charge in [-0.1, -0.05) is 164 Å². The quantitative estimate of drug-likeness (QED) is 0.162. The Morgan fingerprint density at radius 1 is 0.315 bits per heavy atom. The van der Waals surface area contributed by atoms with E-state index in [0.29, 0.717) is 0 Å². The van der Waals surface area contributed by atoms with Crippen molar-refractivity contribution in [2.75, 3.05) is 4.90 Å². The summed E-state index contributed by atoms with van der Waals surface area (Å²) in [6.07, 6.45) is 0. The Morgan fingerprint density at radius 3 is 1.57 bits per heavy atom. The van der Waals surface area contributed by atoms with E-state index in [-0.39, 0.29) is 0 Å². The predicted octanol–water partition coefficient (Wildman–Crippen LogP) is 14.4. The Bertz CT molecular complexity index is 2900. The second kappa shape index (κ2) is 13.4. The minimum Gasteiger partial charge on any atom is -0.310 e. The van der Waals surface area contributed by atoms with Gasteiger partial charge in [-0.05, 0) is 93.4 Å². The summed E-state index contributed by atoms with van der Waals surface area (Å²) in [5.74, 6) is 0. The van der Waals surface area contributed by atoms with Crippen LogP contribution < -0.4 is 4.90 Å². The van der Waals surface area contributed by atoms with Gasteiger partial charge < -0.3 is 9.47 Å². The Labute approximate surface area is 315 Å². The molecule has 1 heterocycles. The first-order valence-electron chi connectivity index (χ1n) is 18.5. The summed E-state index contributed by atoms with van der Waals surface area (Å²) in [5, 5.41) is 4.98. The minimum atomic E-state index is 1.11. The normalized spacial score (nSPS) is 11.3. The standard InChI is InChI=1S/C52H36N2/c1-3-14-37(15-4-1)38-28-30-39(31-29-38)40-32-34-44(35-33-40)53(43-19-5-2-6-20-43)45-21-11-18-42(36-45)47-24-13-27-51-52(47)48-23-9-10-25-50(48)54(51)49-26-12-17-41-16-7-8-22-46(41)49/h1-36H. The first-order chi connectivity index (χ1) is 26.8. The van der Waals surface area contributed by atoms with Crippen LogP contribution in [0.15, 0.2) is 218 Å². The minimum absolute atomic E-state index is 1.11. The average Bonchev–Trinajstić information content (AvgIpc) is 3.59. The van der Waals surface area contributed by atoms with Crippen molar-refractivity contribution >= 4 is 49.6 Å². The zero-order valence-electron chi connectivity index (χ0n) is 29.7. The number of nitrogens with zero attached hydrogens (tertiary/aromatic N) is 2. The van der Waals surface area contributed by atoms with Crippen molar-refractivity contribution in [1.29, 1.82) is 0 Å². The van der Waals surface area contributed by atoms with Gasteiger partial charge in [0.05, 0.1) is 16.7 Å². The predicted molar refractivity (Wildman–Crippen MR) is 229 cm³/mol. The molecule has 0 saturated heterocycles. The van der Waals surface area contributed by atoms with E-state index in [2.05, 4.69) is 228 Å². The van der Waals surface area contributed by atoms with E-state index in [1.54, 1.807) is 0 Å². The van der Waals surface area contributed by atoms with Crippen LogP contribution in [-0.4, -0.2) is 4.57 Å². The molecular weight excluding hydrogens is 653 g/mol. The smallest absolute Gasteiger partial charge is 0.0547 e. The van der Waals surface area contributed by atoms with Crippen LogP contribution in [0.5, 0.6) is 0 Å². The number of hydrogen-bond donors (Lipinski definition) is 0. The molecule has 0 aliphatic carbocycles. The number of anilines is 3. The molecule has 0 aliphatic heterocycles. The van der Waals surface area contributed by atoms with E-state index < -0.39 is 0 Å². The van der Waals surface area contributed by atoms with Crippen molar-refractivity contribution in [1.82, 2.24) is 4.57 Å². The lowest BCUT2D eigenvalue weighted by Gasteiger charge is -2.26. The summed E-state index contributed by atoms with van der Waals surface area (Å²) >= 11 is 0. The van der Waals surface area contributed by atoms with Crippen molar-refractivity contribution in [2.45, 2.75) is 0 Å². The molecule has 0 fully saturated rings. The summed E-state index contributed by atoms with van der Waals surface area (Å²) in [7, 11) is 0. The van der Waals surface area contributed by atoms with Gasteiger partial charge in [0.1, 0.15) is 0 Å². The van der Waals surface area contributed by atoms with E-state index in [9.17, 15) is 0 Å². The number of rotatable bonds is 7. The third-order valence-corrected chi connectivity index (χ3v) is 10.6. The van der Waals surface area contributed by atoms with Gasteiger partial charge in [-0.2, -0.15) is 0 Å². The Morgan fingerprint density at radius 2 is 0.815 bits per heavy atom. The molecule has 1 aromatic heterocycles. The van der Waals surface area contributed by atoms with E-state index in [1.807, 2.05) is 0 Å². The molecule has 2 heteroatoms. The molecule has 0 saturated carbocycles. The Kier molecular flexibility index (Phi) is 7.85. The van der Waals surface area contributed by atoms with Crippen molar-refractivity contribution in [2.24, 2.45) is 0 Å². The summed E-state index contributed by atoms with van der Waals surface area (Å²) in [4.78, 5) is 2.35. The summed E-state index contributed by atoms with van der Waals surface area (Å²) < 4.78 is 2.44. The van der Waals surface area contributed by atoms with Gasteiger partial charge in [0, 0.05) is 33.2 Å². The molecule has 0 atom stereocenters. The van der Waals surface area contributed by atoms with Crippen molar-refractivity contribution in [3.8, 4) is 39.1 Å². The Hall–Kier alpha value is -7.16. The highest BCUT2D eigenvalue weighted by Gasteiger charge is 2.19. The molecule has 0 aliphatic rings. The molecule has 0 amide bonds. The van der Waals surface area contributed by atoms with E-state index in [1.165, 1.54) is 71.6 Å². The Balaban J connectivity index is 1.07. The maximum absolute atomic E-state index is 2.44. The topological polar surface area (TPSA) is 8.17 Å². The first kappa shape index (κ1) is 31.6. The van der Waals surface area contributed by atoms with Crippen molar-refractivity contribution in [3.05, 3.63) is 218 Å². The zero-order valence-corrected chi connectivity index (χ0v) is 29.7. The van der Waals surface area contributed by atoms with Crippen molar-refractivity contribution in [3.63, 3.8) is 0 Å². The lowest BCUT2D eigenvalue weighted by Crippen LogP contribution is -2.09. The number of fused-ring (bicyclic) bond motifs is 4. The molecule has 0 radical (unpaired) electrons. The largest absolute Gasteiger partial charge is 0.310 e. The molecule has 10 rings (SSSR count). The fourth-order valence-corrected chi connectivity index (χ4v) is 8.05.